The lowest BCUT2D eigenvalue weighted by Gasteiger charge is -2.46. The van der Waals surface area contributed by atoms with Gasteiger partial charge in [0.25, 0.3) is 5.92 Å². The Balaban J connectivity index is 2.39. The maximum absolute atomic E-state index is 13.5. The van der Waals surface area contributed by atoms with Crippen LogP contribution in [0.4, 0.5) is 8.78 Å². The molecule has 0 bridgehead atoms. The first-order chi connectivity index (χ1) is 6.56. The van der Waals surface area contributed by atoms with Crippen LogP contribution in [0.15, 0.2) is 30.3 Å². The van der Waals surface area contributed by atoms with Gasteiger partial charge in [-0.2, -0.15) is 0 Å². The van der Waals surface area contributed by atoms with Crippen LogP contribution in [0.5, 0.6) is 0 Å². The Hall–Kier alpha value is -0.920. The summed E-state index contributed by atoms with van der Waals surface area (Å²) < 4.78 is 27.0. The van der Waals surface area contributed by atoms with E-state index in [-0.39, 0.29) is 0 Å². The highest BCUT2D eigenvalue weighted by Gasteiger charge is 2.54. The Morgan fingerprint density at radius 3 is 2.07 bits per heavy atom. The van der Waals surface area contributed by atoms with Crippen molar-refractivity contribution >= 4 is 0 Å². The maximum Gasteiger partial charge on any atom is 0.254 e. The normalized spacial score (nSPS) is 20.2. The zero-order valence-corrected chi connectivity index (χ0v) is 8.26. The first-order valence-electron chi connectivity index (χ1n) is 5.00. The van der Waals surface area contributed by atoms with Crippen molar-refractivity contribution in [3.63, 3.8) is 0 Å². The highest BCUT2D eigenvalue weighted by atomic mass is 19.3. The van der Waals surface area contributed by atoms with E-state index in [1.165, 1.54) is 0 Å². The lowest BCUT2D eigenvalue weighted by molar-refractivity contribution is -0.0969. The molecule has 14 heavy (non-hydrogen) atoms. The van der Waals surface area contributed by atoms with E-state index in [0.717, 1.165) is 18.9 Å². The first kappa shape index (κ1) is 9.63. The lowest BCUT2D eigenvalue weighted by Crippen LogP contribution is -2.48. The largest absolute Gasteiger partial charge is 0.254 e. The molecule has 1 fully saturated rings. The molecule has 1 aromatic carbocycles. The Bertz CT molecular complexity index is 307. The molecule has 0 N–H and O–H groups in total. The van der Waals surface area contributed by atoms with Gasteiger partial charge in [-0.1, -0.05) is 36.8 Å². The summed E-state index contributed by atoms with van der Waals surface area (Å²) in [5, 5.41) is 0. The van der Waals surface area contributed by atoms with Crippen molar-refractivity contribution in [1.29, 1.82) is 0 Å². The van der Waals surface area contributed by atoms with Crippen LogP contribution in [-0.2, 0) is 5.41 Å². The van der Waals surface area contributed by atoms with E-state index in [1.807, 2.05) is 30.3 Å². The van der Waals surface area contributed by atoms with Crippen molar-refractivity contribution < 1.29 is 8.78 Å². The van der Waals surface area contributed by atoms with Gasteiger partial charge in [0.2, 0.25) is 0 Å². The maximum atomic E-state index is 13.5. The van der Waals surface area contributed by atoms with E-state index >= 15 is 0 Å². The minimum absolute atomic E-state index is 0.612. The molecule has 0 aliphatic heterocycles. The monoisotopic (exact) mass is 196 g/mol. The number of halogens is 2. The molecule has 0 unspecified atom stereocenters. The fourth-order valence-corrected chi connectivity index (χ4v) is 2.27. The van der Waals surface area contributed by atoms with Crippen LogP contribution in [0.2, 0.25) is 0 Å². The Kier molecular flexibility index (Phi) is 2.09. The van der Waals surface area contributed by atoms with Gasteiger partial charge < -0.3 is 0 Å². The molecule has 0 spiro atoms. The molecule has 0 saturated heterocycles. The van der Waals surface area contributed by atoms with Gasteiger partial charge >= 0.3 is 0 Å². The van der Waals surface area contributed by atoms with Crippen LogP contribution < -0.4 is 0 Å². The summed E-state index contributed by atoms with van der Waals surface area (Å²) in [5.41, 5.74) is -0.0902. The van der Waals surface area contributed by atoms with Gasteiger partial charge in [0.15, 0.2) is 0 Å². The zero-order valence-electron chi connectivity index (χ0n) is 8.26. The van der Waals surface area contributed by atoms with E-state index in [2.05, 4.69) is 0 Å². The Morgan fingerprint density at radius 2 is 1.71 bits per heavy atom. The van der Waals surface area contributed by atoms with Crippen LogP contribution in [0.3, 0.4) is 0 Å². The molecule has 0 nitrogen and oxygen atoms in total. The molecular weight excluding hydrogens is 182 g/mol. The topological polar surface area (TPSA) is 0 Å². The molecule has 0 amide bonds. The molecule has 0 radical (unpaired) electrons. The van der Waals surface area contributed by atoms with Crippen molar-refractivity contribution in [2.75, 3.05) is 0 Å². The molecule has 2 heteroatoms. The van der Waals surface area contributed by atoms with Crippen LogP contribution in [0, 0.1) is 0 Å². The van der Waals surface area contributed by atoms with Crippen molar-refractivity contribution in [3.8, 4) is 0 Å². The molecule has 0 aromatic heterocycles. The number of alkyl halides is 2. The lowest BCUT2D eigenvalue weighted by atomic mass is 9.61. The molecule has 1 aliphatic carbocycles. The molecule has 1 aliphatic rings. The average molecular weight is 196 g/mol. The second kappa shape index (κ2) is 3.04. The zero-order chi connectivity index (χ0) is 10.2. The summed E-state index contributed by atoms with van der Waals surface area (Å²) in [5.74, 6) is -2.60. The van der Waals surface area contributed by atoms with Crippen molar-refractivity contribution in [2.24, 2.45) is 0 Å². The molecule has 0 atom stereocenters. The standard InChI is InChI=1S/C12H14F2/c1-11(13,14)12(8-5-9-12)10-6-3-2-4-7-10/h2-4,6-7H,5,8-9H2,1H3. The minimum Gasteiger partial charge on any atom is -0.206 e. The summed E-state index contributed by atoms with van der Waals surface area (Å²) in [4.78, 5) is 0. The van der Waals surface area contributed by atoms with Gasteiger partial charge in [-0.15, -0.1) is 0 Å². The Morgan fingerprint density at radius 1 is 1.14 bits per heavy atom. The predicted molar refractivity (Wildman–Crippen MR) is 52.6 cm³/mol. The number of hydrogen-bond donors (Lipinski definition) is 0. The minimum atomic E-state index is -2.60. The van der Waals surface area contributed by atoms with Gasteiger partial charge in [-0.25, -0.2) is 8.78 Å². The van der Waals surface area contributed by atoms with E-state index in [0.29, 0.717) is 12.8 Å². The third-order valence-corrected chi connectivity index (χ3v) is 3.37. The third-order valence-electron chi connectivity index (χ3n) is 3.37. The highest BCUT2D eigenvalue weighted by Crippen LogP contribution is 2.53. The van der Waals surface area contributed by atoms with Crippen LogP contribution in [-0.4, -0.2) is 5.92 Å². The fourth-order valence-electron chi connectivity index (χ4n) is 2.27. The number of rotatable bonds is 2. The van der Waals surface area contributed by atoms with Crippen LogP contribution in [0.25, 0.3) is 0 Å². The summed E-state index contributed by atoms with van der Waals surface area (Å²) in [6, 6.07) is 9.17. The van der Waals surface area contributed by atoms with E-state index in [4.69, 9.17) is 0 Å². The van der Waals surface area contributed by atoms with Crippen LogP contribution >= 0.6 is 0 Å². The SMILES string of the molecule is CC(F)(F)C1(c2ccccc2)CCC1. The molecule has 0 heterocycles. The first-order valence-corrected chi connectivity index (χ1v) is 5.00. The quantitative estimate of drug-likeness (QED) is 0.675. The van der Waals surface area contributed by atoms with Crippen molar-refractivity contribution in [2.45, 2.75) is 37.5 Å². The van der Waals surface area contributed by atoms with Crippen molar-refractivity contribution in [3.05, 3.63) is 35.9 Å². The van der Waals surface area contributed by atoms with E-state index in [1.54, 1.807) is 0 Å². The predicted octanol–water partition coefficient (Wildman–Crippen LogP) is 3.76. The number of benzene rings is 1. The summed E-state index contributed by atoms with van der Waals surface area (Å²) in [7, 11) is 0. The van der Waals surface area contributed by atoms with Gasteiger partial charge in [0.05, 0.1) is 5.41 Å². The van der Waals surface area contributed by atoms with E-state index in [9.17, 15) is 8.78 Å². The summed E-state index contributed by atoms with van der Waals surface area (Å²) >= 11 is 0. The smallest absolute Gasteiger partial charge is 0.206 e. The van der Waals surface area contributed by atoms with Gasteiger partial charge in [-0.3, -0.25) is 0 Å². The van der Waals surface area contributed by atoms with Gasteiger partial charge in [0.1, 0.15) is 0 Å². The summed E-state index contributed by atoms with van der Waals surface area (Å²) in [6.45, 7) is 1.04. The molecule has 2 rings (SSSR count). The van der Waals surface area contributed by atoms with Gasteiger partial charge in [-0.05, 0) is 18.4 Å². The molecular formula is C12H14F2. The molecule has 1 aromatic rings. The third kappa shape index (κ3) is 1.24. The molecule has 76 valence electrons. The summed E-state index contributed by atoms with van der Waals surface area (Å²) in [6.07, 6.45) is 2.14. The second-order valence-electron chi connectivity index (χ2n) is 4.19. The molecule has 1 saturated carbocycles. The average Bonchev–Trinajstić information content (AvgIpc) is 2.01. The van der Waals surface area contributed by atoms with Crippen molar-refractivity contribution in [1.82, 2.24) is 0 Å². The van der Waals surface area contributed by atoms with Crippen LogP contribution in [0.1, 0.15) is 31.7 Å². The van der Waals surface area contributed by atoms with Gasteiger partial charge in [0, 0.05) is 6.92 Å². The fraction of sp³-hybridized carbons (Fsp3) is 0.500. The highest BCUT2D eigenvalue weighted by molar-refractivity contribution is 5.30. The Labute approximate surface area is 82.9 Å². The van der Waals surface area contributed by atoms with E-state index < -0.39 is 11.3 Å². The number of hydrogen-bond acceptors (Lipinski definition) is 0. The second-order valence-corrected chi connectivity index (χ2v) is 4.19.